The van der Waals surface area contributed by atoms with E-state index >= 15 is 0 Å². The standard InChI is InChI=1S/C10H20O2/c1-10(2,3)9-4-8(5-11)6-12-7-9/h8-9,11H,4-7H2,1-3H3/t8-,9+/m1/s1. The van der Waals surface area contributed by atoms with Gasteiger partial charge in [0.25, 0.3) is 0 Å². The molecular weight excluding hydrogens is 152 g/mol. The van der Waals surface area contributed by atoms with Crippen LogP contribution < -0.4 is 0 Å². The highest BCUT2D eigenvalue weighted by atomic mass is 16.5. The molecule has 1 heterocycles. The van der Waals surface area contributed by atoms with Crippen LogP contribution >= 0.6 is 0 Å². The van der Waals surface area contributed by atoms with E-state index in [0.717, 1.165) is 19.6 Å². The average Bonchev–Trinajstić information content (AvgIpc) is 2.03. The van der Waals surface area contributed by atoms with Gasteiger partial charge in [-0.2, -0.15) is 0 Å². The molecule has 72 valence electrons. The van der Waals surface area contributed by atoms with Gasteiger partial charge in [0.15, 0.2) is 0 Å². The van der Waals surface area contributed by atoms with Crippen LogP contribution in [0.1, 0.15) is 27.2 Å². The molecule has 1 fully saturated rings. The van der Waals surface area contributed by atoms with E-state index < -0.39 is 0 Å². The molecule has 0 aliphatic carbocycles. The van der Waals surface area contributed by atoms with Gasteiger partial charge in [-0.15, -0.1) is 0 Å². The number of rotatable bonds is 1. The van der Waals surface area contributed by atoms with Crippen LogP contribution in [-0.4, -0.2) is 24.9 Å². The fraction of sp³-hybridized carbons (Fsp3) is 1.00. The molecule has 0 aromatic heterocycles. The third-order valence-electron chi connectivity index (χ3n) is 2.77. The summed E-state index contributed by atoms with van der Waals surface area (Å²) in [5.74, 6) is 0.964. The Morgan fingerprint density at radius 1 is 1.33 bits per heavy atom. The summed E-state index contributed by atoms with van der Waals surface area (Å²) < 4.78 is 5.45. The molecule has 1 N–H and O–H groups in total. The number of aliphatic hydroxyl groups is 1. The first-order valence-electron chi connectivity index (χ1n) is 4.72. The zero-order valence-corrected chi connectivity index (χ0v) is 8.34. The molecule has 2 heteroatoms. The lowest BCUT2D eigenvalue weighted by atomic mass is 9.75. The van der Waals surface area contributed by atoms with Crippen molar-refractivity contribution in [1.29, 1.82) is 0 Å². The molecule has 0 aromatic rings. The Morgan fingerprint density at radius 2 is 2.00 bits per heavy atom. The van der Waals surface area contributed by atoms with Crippen molar-refractivity contribution in [3.8, 4) is 0 Å². The maximum Gasteiger partial charge on any atom is 0.0516 e. The number of hydrogen-bond acceptors (Lipinski definition) is 2. The predicted octanol–water partition coefficient (Wildman–Crippen LogP) is 1.68. The van der Waals surface area contributed by atoms with E-state index in [0.29, 0.717) is 17.3 Å². The maximum absolute atomic E-state index is 8.99. The van der Waals surface area contributed by atoms with Crippen molar-refractivity contribution >= 4 is 0 Å². The second-order valence-electron chi connectivity index (χ2n) is 4.88. The van der Waals surface area contributed by atoms with Crippen LogP contribution in [0, 0.1) is 17.3 Å². The number of hydrogen-bond donors (Lipinski definition) is 1. The third-order valence-corrected chi connectivity index (χ3v) is 2.77. The minimum atomic E-state index is 0.270. The van der Waals surface area contributed by atoms with E-state index in [-0.39, 0.29) is 6.61 Å². The van der Waals surface area contributed by atoms with Gasteiger partial charge in [-0.05, 0) is 17.8 Å². The summed E-state index contributed by atoms with van der Waals surface area (Å²) in [6.45, 7) is 8.58. The lowest BCUT2D eigenvalue weighted by Crippen LogP contribution is -2.35. The monoisotopic (exact) mass is 172 g/mol. The quantitative estimate of drug-likeness (QED) is 0.652. The maximum atomic E-state index is 8.99. The molecule has 2 atom stereocenters. The van der Waals surface area contributed by atoms with Crippen molar-refractivity contribution in [2.24, 2.45) is 17.3 Å². The summed E-state index contributed by atoms with van der Waals surface area (Å²) in [5, 5.41) is 8.99. The van der Waals surface area contributed by atoms with Gasteiger partial charge in [-0.1, -0.05) is 20.8 Å². The Labute approximate surface area is 74.9 Å². The van der Waals surface area contributed by atoms with Crippen LogP contribution in [0.4, 0.5) is 0 Å². The van der Waals surface area contributed by atoms with Gasteiger partial charge in [0.05, 0.1) is 6.61 Å². The lowest BCUT2D eigenvalue weighted by Gasteiger charge is -2.36. The first-order valence-corrected chi connectivity index (χ1v) is 4.72. The molecule has 0 aromatic carbocycles. The highest BCUT2D eigenvalue weighted by molar-refractivity contribution is 4.79. The number of aliphatic hydroxyl groups excluding tert-OH is 1. The normalized spacial score (nSPS) is 32.0. The van der Waals surface area contributed by atoms with Crippen LogP contribution in [-0.2, 0) is 4.74 Å². The SMILES string of the molecule is CC(C)(C)[C@@H]1COC[C@@H](CO)C1. The van der Waals surface area contributed by atoms with Crippen molar-refractivity contribution in [1.82, 2.24) is 0 Å². The number of ether oxygens (including phenoxy) is 1. The van der Waals surface area contributed by atoms with Gasteiger partial charge in [0, 0.05) is 19.1 Å². The zero-order chi connectivity index (χ0) is 9.19. The molecule has 0 spiro atoms. The van der Waals surface area contributed by atoms with Gasteiger partial charge >= 0.3 is 0 Å². The van der Waals surface area contributed by atoms with E-state index in [9.17, 15) is 0 Å². The molecule has 1 aliphatic heterocycles. The molecule has 12 heavy (non-hydrogen) atoms. The summed E-state index contributed by atoms with van der Waals surface area (Å²) >= 11 is 0. The van der Waals surface area contributed by atoms with E-state index in [1.807, 2.05) is 0 Å². The fourth-order valence-electron chi connectivity index (χ4n) is 1.65. The smallest absolute Gasteiger partial charge is 0.0516 e. The van der Waals surface area contributed by atoms with Crippen LogP contribution in [0.25, 0.3) is 0 Å². The average molecular weight is 172 g/mol. The van der Waals surface area contributed by atoms with E-state index in [2.05, 4.69) is 20.8 Å². The Bertz CT molecular complexity index is 137. The molecule has 1 aliphatic rings. The summed E-state index contributed by atoms with van der Waals surface area (Å²) in [6, 6.07) is 0. The van der Waals surface area contributed by atoms with Crippen molar-refractivity contribution < 1.29 is 9.84 Å². The molecular formula is C10H20O2. The zero-order valence-electron chi connectivity index (χ0n) is 8.34. The predicted molar refractivity (Wildman–Crippen MR) is 49.0 cm³/mol. The van der Waals surface area contributed by atoms with E-state index in [1.54, 1.807) is 0 Å². The Hall–Kier alpha value is -0.0800. The van der Waals surface area contributed by atoms with Crippen molar-refractivity contribution in [3.05, 3.63) is 0 Å². The molecule has 1 rings (SSSR count). The first kappa shape index (κ1) is 10.0. The lowest BCUT2D eigenvalue weighted by molar-refractivity contribution is -0.0378. The molecule has 0 bridgehead atoms. The molecule has 0 unspecified atom stereocenters. The Kier molecular flexibility index (Phi) is 3.13. The highest BCUT2D eigenvalue weighted by Crippen LogP contribution is 2.34. The Morgan fingerprint density at radius 3 is 2.50 bits per heavy atom. The van der Waals surface area contributed by atoms with Gasteiger partial charge < -0.3 is 9.84 Å². The molecule has 0 saturated carbocycles. The fourth-order valence-corrected chi connectivity index (χ4v) is 1.65. The molecule has 2 nitrogen and oxygen atoms in total. The van der Waals surface area contributed by atoms with Crippen LogP contribution in [0.15, 0.2) is 0 Å². The van der Waals surface area contributed by atoms with Gasteiger partial charge in [0.2, 0.25) is 0 Å². The van der Waals surface area contributed by atoms with E-state index in [1.165, 1.54) is 0 Å². The summed E-state index contributed by atoms with van der Waals surface area (Å²) in [6.07, 6.45) is 1.11. The van der Waals surface area contributed by atoms with Crippen LogP contribution in [0.3, 0.4) is 0 Å². The Balaban J connectivity index is 2.46. The van der Waals surface area contributed by atoms with Gasteiger partial charge in [0.1, 0.15) is 0 Å². The molecule has 0 radical (unpaired) electrons. The minimum absolute atomic E-state index is 0.270. The summed E-state index contributed by atoms with van der Waals surface area (Å²) in [7, 11) is 0. The second kappa shape index (κ2) is 3.75. The van der Waals surface area contributed by atoms with Crippen molar-refractivity contribution in [3.63, 3.8) is 0 Å². The largest absolute Gasteiger partial charge is 0.396 e. The van der Waals surface area contributed by atoms with E-state index in [4.69, 9.17) is 9.84 Å². The molecule has 0 amide bonds. The minimum Gasteiger partial charge on any atom is -0.396 e. The molecule has 1 saturated heterocycles. The summed E-state index contributed by atoms with van der Waals surface area (Å²) in [5.41, 5.74) is 0.313. The van der Waals surface area contributed by atoms with Gasteiger partial charge in [-0.3, -0.25) is 0 Å². The topological polar surface area (TPSA) is 29.5 Å². The van der Waals surface area contributed by atoms with Crippen LogP contribution in [0.2, 0.25) is 0 Å². The second-order valence-corrected chi connectivity index (χ2v) is 4.88. The van der Waals surface area contributed by atoms with Crippen molar-refractivity contribution in [2.45, 2.75) is 27.2 Å². The van der Waals surface area contributed by atoms with Crippen molar-refractivity contribution in [2.75, 3.05) is 19.8 Å². The van der Waals surface area contributed by atoms with Gasteiger partial charge in [-0.25, -0.2) is 0 Å². The first-order chi connectivity index (χ1) is 5.54. The van der Waals surface area contributed by atoms with Crippen LogP contribution in [0.5, 0.6) is 0 Å². The third kappa shape index (κ3) is 2.46. The summed E-state index contributed by atoms with van der Waals surface area (Å²) in [4.78, 5) is 0. The highest BCUT2D eigenvalue weighted by Gasteiger charge is 2.30.